The summed E-state index contributed by atoms with van der Waals surface area (Å²) in [4.78, 5) is 16.1. The molecule has 56 heavy (non-hydrogen) atoms. The molecule has 0 aliphatic heterocycles. The number of hydrogen-bond acceptors (Lipinski definition) is 5. The molecule has 0 spiro atoms. The van der Waals surface area contributed by atoms with Crippen LogP contribution in [0.1, 0.15) is 22.9 Å². The van der Waals surface area contributed by atoms with E-state index in [2.05, 4.69) is 158 Å². The van der Waals surface area contributed by atoms with Gasteiger partial charge >= 0.3 is 0 Å². The quantitative estimate of drug-likeness (QED) is 0.181. The number of furan rings is 1. The van der Waals surface area contributed by atoms with Crippen molar-refractivity contribution < 1.29 is 4.42 Å². The summed E-state index contributed by atoms with van der Waals surface area (Å²) in [6, 6.07) is 60.4. The van der Waals surface area contributed by atoms with Gasteiger partial charge in [-0.1, -0.05) is 146 Å². The molecule has 3 aromatic heterocycles. The minimum Gasteiger partial charge on any atom is -0.456 e. The smallest absolute Gasteiger partial charge is 0.164 e. The van der Waals surface area contributed by atoms with E-state index in [0.717, 1.165) is 67.2 Å². The average molecular weight is 734 g/mol. The molecule has 5 heteroatoms. The summed E-state index contributed by atoms with van der Waals surface area (Å²) in [5.74, 6) is 2.11. The van der Waals surface area contributed by atoms with Crippen molar-refractivity contribution in [3.8, 4) is 45.0 Å². The highest BCUT2D eigenvalue weighted by molar-refractivity contribution is 7.25. The van der Waals surface area contributed by atoms with Crippen molar-refractivity contribution in [1.82, 2.24) is 15.0 Å². The van der Waals surface area contributed by atoms with Gasteiger partial charge < -0.3 is 4.42 Å². The number of para-hydroxylation sites is 1. The zero-order valence-corrected chi connectivity index (χ0v) is 30.9. The molecular weight excluding hydrogens is 703 g/mol. The Morgan fingerprint density at radius 3 is 2.02 bits per heavy atom. The van der Waals surface area contributed by atoms with Gasteiger partial charge in [-0.3, -0.25) is 0 Å². The summed E-state index contributed by atoms with van der Waals surface area (Å²) < 4.78 is 8.81. The Morgan fingerprint density at radius 1 is 0.446 bits per heavy atom. The number of benzene rings is 8. The SMILES string of the molecule is c1ccc2c(c1)CC(c1nc(-c3ccc4c(c3)sc3ccccc34)nc(-c3cccc4c(-c5cccc6oc7ccccc7c56)cccc34)n1)c1ccccc1-2. The highest BCUT2D eigenvalue weighted by atomic mass is 32.1. The third-order valence-corrected chi connectivity index (χ3v) is 12.7. The number of fused-ring (bicyclic) bond motifs is 10. The maximum Gasteiger partial charge on any atom is 0.164 e. The first-order valence-electron chi connectivity index (χ1n) is 19.0. The first-order chi connectivity index (χ1) is 27.7. The van der Waals surface area contributed by atoms with Crippen LogP contribution >= 0.6 is 11.3 Å². The fourth-order valence-corrected chi connectivity index (χ4v) is 10.1. The van der Waals surface area contributed by atoms with E-state index in [-0.39, 0.29) is 5.92 Å². The summed E-state index contributed by atoms with van der Waals surface area (Å²) in [5, 5.41) is 6.99. The van der Waals surface area contributed by atoms with Gasteiger partial charge in [0.25, 0.3) is 0 Å². The van der Waals surface area contributed by atoms with Crippen molar-refractivity contribution in [3.63, 3.8) is 0 Å². The van der Waals surface area contributed by atoms with Crippen LogP contribution < -0.4 is 0 Å². The first-order valence-corrected chi connectivity index (χ1v) is 19.8. The topological polar surface area (TPSA) is 51.8 Å². The summed E-state index contributed by atoms with van der Waals surface area (Å²) in [6.07, 6.45) is 0.813. The zero-order valence-electron chi connectivity index (χ0n) is 30.1. The van der Waals surface area contributed by atoms with Crippen LogP contribution in [0.4, 0.5) is 0 Å². The van der Waals surface area contributed by atoms with E-state index in [0.29, 0.717) is 11.6 Å². The number of hydrogen-bond donors (Lipinski definition) is 0. The lowest BCUT2D eigenvalue weighted by molar-refractivity contribution is 0.669. The maximum atomic E-state index is 6.31. The minimum absolute atomic E-state index is 0.0350. The molecule has 3 heterocycles. The molecule has 0 fully saturated rings. The Kier molecular flexibility index (Phi) is 6.89. The molecule has 0 radical (unpaired) electrons. The molecule has 12 rings (SSSR count). The Balaban J connectivity index is 1.08. The number of thiophene rings is 1. The molecule has 0 bridgehead atoms. The molecule has 1 unspecified atom stereocenters. The van der Waals surface area contributed by atoms with Gasteiger partial charge in [-0.05, 0) is 74.8 Å². The van der Waals surface area contributed by atoms with Gasteiger partial charge in [-0.25, -0.2) is 15.0 Å². The largest absolute Gasteiger partial charge is 0.456 e. The van der Waals surface area contributed by atoms with Crippen LogP contribution in [0.25, 0.3) is 97.9 Å². The lowest BCUT2D eigenvalue weighted by Gasteiger charge is -2.27. The van der Waals surface area contributed by atoms with Crippen molar-refractivity contribution in [2.24, 2.45) is 0 Å². The Labute approximate surface area is 326 Å². The molecule has 262 valence electrons. The Morgan fingerprint density at radius 2 is 1.09 bits per heavy atom. The maximum absolute atomic E-state index is 6.31. The van der Waals surface area contributed by atoms with Crippen LogP contribution in [0.2, 0.25) is 0 Å². The van der Waals surface area contributed by atoms with E-state index < -0.39 is 0 Å². The van der Waals surface area contributed by atoms with Gasteiger partial charge in [-0.15, -0.1) is 11.3 Å². The first kappa shape index (κ1) is 31.4. The highest BCUT2D eigenvalue weighted by Crippen LogP contribution is 2.44. The van der Waals surface area contributed by atoms with Crippen LogP contribution in [0, 0.1) is 0 Å². The van der Waals surface area contributed by atoms with Crippen molar-refractivity contribution in [2.45, 2.75) is 12.3 Å². The molecule has 1 atom stereocenters. The van der Waals surface area contributed by atoms with Crippen LogP contribution in [0.15, 0.2) is 174 Å². The Bertz CT molecular complexity index is 3380. The van der Waals surface area contributed by atoms with Gasteiger partial charge in [0.2, 0.25) is 0 Å². The molecular formula is C51H31N3OS. The van der Waals surface area contributed by atoms with Crippen molar-refractivity contribution >= 4 is 64.2 Å². The van der Waals surface area contributed by atoms with Gasteiger partial charge in [0.15, 0.2) is 11.6 Å². The van der Waals surface area contributed by atoms with Gasteiger partial charge in [0.1, 0.15) is 17.0 Å². The van der Waals surface area contributed by atoms with Crippen LogP contribution in [0.3, 0.4) is 0 Å². The van der Waals surface area contributed by atoms with Crippen molar-refractivity contribution in [1.29, 1.82) is 0 Å². The summed E-state index contributed by atoms with van der Waals surface area (Å²) in [5.41, 5.74) is 11.1. The summed E-state index contributed by atoms with van der Waals surface area (Å²) in [7, 11) is 0. The fraction of sp³-hybridized carbons (Fsp3) is 0.0392. The lowest BCUT2D eigenvalue weighted by Crippen LogP contribution is -2.16. The third kappa shape index (κ3) is 4.81. The van der Waals surface area contributed by atoms with Crippen LogP contribution in [-0.4, -0.2) is 15.0 Å². The molecule has 1 aliphatic rings. The van der Waals surface area contributed by atoms with Gasteiger partial charge in [0, 0.05) is 48.0 Å². The minimum atomic E-state index is -0.0350. The standard InChI is InChI=1S/C51H31N3OS/c1-2-13-32-30(12-1)28-43(37-15-4-3-14-33(32)37)51-53-49(31-26-27-39-38-16-6-8-25-46(38)56-47(39)29-31)52-50(54-51)41-22-10-18-34-35(19-9-20-36(34)41)40-21-11-24-45-48(40)42-17-5-7-23-44(42)55-45/h1-27,29,43H,28H2. The van der Waals surface area contributed by atoms with Gasteiger partial charge in [-0.2, -0.15) is 0 Å². The molecule has 0 N–H and O–H groups in total. The predicted molar refractivity (Wildman–Crippen MR) is 231 cm³/mol. The van der Waals surface area contributed by atoms with Crippen LogP contribution in [-0.2, 0) is 6.42 Å². The lowest BCUT2D eigenvalue weighted by atomic mass is 9.78. The zero-order chi connectivity index (χ0) is 36.7. The summed E-state index contributed by atoms with van der Waals surface area (Å²) >= 11 is 1.81. The molecule has 0 saturated carbocycles. The molecule has 1 aliphatic carbocycles. The van der Waals surface area contributed by atoms with E-state index >= 15 is 0 Å². The molecule has 4 nitrogen and oxygen atoms in total. The Hall–Kier alpha value is -6.95. The number of aromatic nitrogens is 3. The third-order valence-electron chi connectivity index (χ3n) is 11.5. The molecule has 0 saturated heterocycles. The van der Waals surface area contributed by atoms with Crippen molar-refractivity contribution in [3.05, 3.63) is 187 Å². The van der Waals surface area contributed by atoms with Crippen LogP contribution in [0.5, 0.6) is 0 Å². The van der Waals surface area contributed by atoms with Gasteiger partial charge in [0.05, 0.1) is 0 Å². The normalized spacial score (nSPS) is 13.8. The monoisotopic (exact) mass is 733 g/mol. The van der Waals surface area contributed by atoms with Crippen molar-refractivity contribution in [2.75, 3.05) is 0 Å². The number of rotatable bonds is 4. The second kappa shape index (κ2) is 12.3. The second-order valence-electron chi connectivity index (χ2n) is 14.6. The van der Waals surface area contributed by atoms with E-state index in [1.54, 1.807) is 0 Å². The highest BCUT2D eigenvalue weighted by Gasteiger charge is 2.29. The fourth-order valence-electron chi connectivity index (χ4n) is 8.97. The molecule has 8 aromatic carbocycles. The average Bonchev–Trinajstić information content (AvgIpc) is 3.84. The van der Waals surface area contributed by atoms with E-state index in [1.807, 2.05) is 23.5 Å². The molecule has 11 aromatic rings. The van der Waals surface area contributed by atoms with E-state index in [4.69, 9.17) is 19.4 Å². The number of nitrogens with zero attached hydrogens (tertiary/aromatic N) is 3. The molecule has 0 amide bonds. The van der Waals surface area contributed by atoms with E-state index in [1.165, 1.54) is 42.4 Å². The summed E-state index contributed by atoms with van der Waals surface area (Å²) in [6.45, 7) is 0. The predicted octanol–water partition coefficient (Wildman–Crippen LogP) is 13.6. The second-order valence-corrected chi connectivity index (χ2v) is 15.7. The van der Waals surface area contributed by atoms with E-state index in [9.17, 15) is 0 Å².